The molecule has 0 heterocycles. The summed E-state index contributed by atoms with van der Waals surface area (Å²) in [4.78, 5) is 11.4. The Kier molecular flexibility index (Phi) is 6.65. The fourth-order valence-electron chi connectivity index (χ4n) is 3.35. The van der Waals surface area contributed by atoms with E-state index in [1.165, 1.54) is 11.1 Å². The highest BCUT2D eigenvalue weighted by atomic mass is 16.6. The van der Waals surface area contributed by atoms with Gasteiger partial charge in [-0.3, -0.25) is 0 Å². The topological polar surface area (TPSA) is 55.8 Å². The van der Waals surface area contributed by atoms with Gasteiger partial charge < -0.3 is 14.6 Å². The Hall–Kier alpha value is -2.07. The Morgan fingerprint density at radius 3 is 2.73 bits per heavy atom. The van der Waals surface area contributed by atoms with Crippen LogP contribution in [0.1, 0.15) is 51.7 Å². The molecule has 0 fully saturated rings. The average Bonchev–Trinajstić information content (AvgIpc) is 2.61. The maximum Gasteiger partial charge on any atom is 0.333 e. The molecular weight excluding hydrogens is 328 g/mol. The SMILES string of the molecule is C=C(C)C(=O)OCCOc1cc([C@@]2(C)CCC(C)C=C2C)ccc1CO. The van der Waals surface area contributed by atoms with Crippen molar-refractivity contribution in [1.29, 1.82) is 0 Å². The Morgan fingerprint density at radius 2 is 2.12 bits per heavy atom. The average molecular weight is 358 g/mol. The van der Waals surface area contributed by atoms with Crippen LogP contribution in [-0.2, 0) is 21.6 Å². The number of hydrogen-bond donors (Lipinski definition) is 1. The van der Waals surface area contributed by atoms with Crippen LogP contribution in [0.3, 0.4) is 0 Å². The number of allylic oxidation sites excluding steroid dienone is 2. The summed E-state index contributed by atoms with van der Waals surface area (Å²) in [7, 11) is 0. The number of ether oxygens (including phenoxy) is 2. The summed E-state index contributed by atoms with van der Waals surface area (Å²) < 4.78 is 10.9. The Bertz CT molecular complexity index is 704. The third-order valence-electron chi connectivity index (χ3n) is 5.30. The number of aliphatic hydroxyl groups excluding tert-OH is 1. The smallest absolute Gasteiger partial charge is 0.333 e. The van der Waals surface area contributed by atoms with Crippen molar-refractivity contribution in [3.05, 3.63) is 53.1 Å². The van der Waals surface area contributed by atoms with Crippen LogP contribution in [0.2, 0.25) is 0 Å². The first-order chi connectivity index (χ1) is 12.3. The molecule has 4 heteroatoms. The lowest BCUT2D eigenvalue weighted by molar-refractivity contribution is -0.139. The predicted molar refractivity (Wildman–Crippen MR) is 103 cm³/mol. The molecule has 0 aliphatic heterocycles. The van der Waals surface area contributed by atoms with E-state index < -0.39 is 5.97 Å². The first kappa shape index (κ1) is 20.2. The number of hydrogen-bond acceptors (Lipinski definition) is 4. The number of carbonyl (C=O) groups excluding carboxylic acids is 1. The van der Waals surface area contributed by atoms with E-state index in [9.17, 15) is 9.90 Å². The van der Waals surface area contributed by atoms with Crippen molar-refractivity contribution in [2.24, 2.45) is 5.92 Å². The van der Waals surface area contributed by atoms with Crippen LogP contribution in [0, 0.1) is 5.92 Å². The van der Waals surface area contributed by atoms with Crippen molar-refractivity contribution >= 4 is 5.97 Å². The molecule has 0 aromatic heterocycles. The van der Waals surface area contributed by atoms with Gasteiger partial charge >= 0.3 is 5.97 Å². The molecule has 1 unspecified atom stereocenters. The molecule has 0 amide bonds. The third-order valence-corrected chi connectivity index (χ3v) is 5.30. The zero-order chi connectivity index (χ0) is 19.3. The molecule has 2 rings (SSSR count). The minimum atomic E-state index is -0.422. The lowest BCUT2D eigenvalue weighted by atomic mass is 9.68. The van der Waals surface area contributed by atoms with E-state index >= 15 is 0 Å². The molecule has 0 saturated carbocycles. The second-order valence-electron chi connectivity index (χ2n) is 7.44. The van der Waals surface area contributed by atoms with E-state index in [4.69, 9.17) is 9.47 Å². The maximum atomic E-state index is 11.4. The Balaban J connectivity index is 2.14. The van der Waals surface area contributed by atoms with Gasteiger partial charge in [-0.05, 0) is 44.2 Å². The predicted octanol–water partition coefficient (Wildman–Crippen LogP) is 4.31. The van der Waals surface area contributed by atoms with Gasteiger partial charge in [0.1, 0.15) is 19.0 Å². The number of benzene rings is 1. The third kappa shape index (κ3) is 4.55. The zero-order valence-corrected chi connectivity index (χ0v) is 16.3. The molecule has 1 aliphatic carbocycles. The van der Waals surface area contributed by atoms with Gasteiger partial charge in [-0.25, -0.2) is 4.79 Å². The van der Waals surface area contributed by atoms with Crippen molar-refractivity contribution in [1.82, 2.24) is 0 Å². The summed E-state index contributed by atoms with van der Waals surface area (Å²) in [6, 6.07) is 6.01. The normalized spacial score (nSPS) is 22.5. The Morgan fingerprint density at radius 1 is 1.38 bits per heavy atom. The highest BCUT2D eigenvalue weighted by Gasteiger charge is 2.32. The van der Waals surface area contributed by atoms with Gasteiger partial charge in [0.05, 0.1) is 6.61 Å². The van der Waals surface area contributed by atoms with E-state index in [0.29, 0.717) is 17.2 Å². The first-order valence-electron chi connectivity index (χ1n) is 9.16. The molecule has 1 aromatic carbocycles. The number of aliphatic hydroxyl groups is 1. The highest BCUT2D eigenvalue weighted by Crippen LogP contribution is 2.43. The fraction of sp³-hybridized carbons (Fsp3) is 0.500. The van der Waals surface area contributed by atoms with Crippen LogP contribution < -0.4 is 4.74 Å². The molecule has 0 radical (unpaired) electrons. The van der Waals surface area contributed by atoms with E-state index in [1.807, 2.05) is 12.1 Å². The van der Waals surface area contributed by atoms with Gasteiger partial charge in [0.2, 0.25) is 0 Å². The van der Waals surface area contributed by atoms with Crippen molar-refractivity contribution in [3.8, 4) is 5.75 Å². The fourth-order valence-corrected chi connectivity index (χ4v) is 3.35. The minimum absolute atomic E-state index is 0.0228. The van der Waals surface area contributed by atoms with Crippen LogP contribution in [0.15, 0.2) is 42.0 Å². The van der Waals surface area contributed by atoms with Gasteiger partial charge in [-0.15, -0.1) is 0 Å². The largest absolute Gasteiger partial charge is 0.490 e. The number of rotatable bonds is 7. The van der Waals surface area contributed by atoms with E-state index in [1.54, 1.807) is 6.92 Å². The van der Waals surface area contributed by atoms with E-state index in [-0.39, 0.29) is 25.2 Å². The molecule has 4 nitrogen and oxygen atoms in total. The first-order valence-corrected chi connectivity index (χ1v) is 9.16. The molecule has 1 aromatic rings. The molecule has 1 N–H and O–H groups in total. The standard InChI is InChI=1S/C22H30O4/c1-15(2)21(24)26-11-10-25-20-13-19(7-6-18(20)14-23)22(5)9-8-16(3)12-17(22)4/h6-7,12-13,16,23H,1,8-11,14H2,2-5H3/t16?,22-/m0/s1. The van der Waals surface area contributed by atoms with Gasteiger partial charge in [-0.1, -0.05) is 44.2 Å². The Labute approximate surface area is 156 Å². The van der Waals surface area contributed by atoms with Gasteiger partial charge in [0, 0.05) is 16.6 Å². The summed E-state index contributed by atoms with van der Waals surface area (Å²) >= 11 is 0. The molecule has 2 atom stereocenters. The minimum Gasteiger partial charge on any atom is -0.490 e. The summed E-state index contributed by atoms with van der Waals surface area (Å²) in [5, 5.41) is 9.60. The summed E-state index contributed by atoms with van der Waals surface area (Å²) in [5.74, 6) is 0.830. The van der Waals surface area contributed by atoms with Gasteiger partial charge in [0.25, 0.3) is 0 Å². The van der Waals surface area contributed by atoms with E-state index in [0.717, 1.165) is 18.4 Å². The van der Waals surface area contributed by atoms with Crippen molar-refractivity contribution < 1.29 is 19.4 Å². The number of carbonyl (C=O) groups is 1. The zero-order valence-electron chi connectivity index (χ0n) is 16.3. The molecule has 1 aliphatic rings. The van der Waals surface area contributed by atoms with Crippen LogP contribution >= 0.6 is 0 Å². The van der Waals surface area contributed by atoms with Crippen molar-refractivity contribution in [2.45, 2.75) is 52.6 Å². The van der Waals surface area contributed by atoms with Gasteiger partial charge in [-0.2, -0.15) is 0 Å². The van der Waals surface area contributed by atoms with E-state index in [2.05, 4.69) is 39.5 Å². The van der Waals surface area contributed by atoms with Crippen LogP contribution in [0.4, 0.5) is 0 Å². The lowest BCUT2D eigenvalue weighted by Crippen LogP contribution is -2.28. The summed E-state index contributed by atoms with van der Waals surface area (Å²) in [6.07, 6.45) is 4.59. The monoisotopic (exact) mass is 358 g/mol. The molecule has 26 heavy (non-hydrogen) atoms. The molecule has 142 valence electrons. The quantitative estimate of drug-likeness (QED) is 0.341. The van der Waals surface area contributed by atoms with Crippen LogP contribution in [0.25, 0.3) is 0 Å². The number of esters is 1. The summed E-state index contributed by atoms with van der Waals surface area (Å²) in [6.45, 7) is 12.1. The highest BCUT2D eigenvalue weighted by molar-refractivity contribution is 5.86. The van der Waals surface area contributed by atoms with Crippen LogP contribution in [0.5, 0.6) is 5.75 Å². The summed E-state index contributed by atoms with van der Waals surface area (Å²) in [5.41, 5.74) is 3.63. The van der Waals surface area contributed by atoms with Crippen LogP contribution in [-0.4, -0.2) is 24.3 Å². The second-order valence-corrected chi connectivity index (χ2v) is 7.44. The molecular formula is C22H30O4. The van der Waals surface area contributed by atoms with Gasteiger partial charge in [0.15, 0.2) is 0 Å². The molecule has 0 saturated heterocycles. The lowest BCUT2D eigenvalue weighted by Gasteiger charge is -2.37. The molecule has 0 bridgehead atoms. The maximum absolute atomic E-state index is 11.4. The second kappa shape index (κ2) is 8.54. The van der Waals surface area contributed by atoms with Crippen molar-refractivity contribution in [2.75, 3.05) is 13.2 Å². The molecule has 0 spiro atoms. The van der Waals surface area contributed by atoms with Crippen molar-refractivity contribution in [3.63, 3.8) is 0 Å².